The minimum Gasteiger partial charge on any atom is -0.316 e. The van der Waals surface area contributed by atoms with E-state index in [1.165, 1.54) is 0 Å². The number of carbonyl (C=O) groups excluding carboxylic acids is 1. The third-order valence-electron chi connectivity index (χ3n) is 3.65. The molecular formula is C14H20ClN3O. The topological polar surface area (TPSA) is 54.0 Å². The molecule has 4 nitrogen and oxygen atoms in total. The van der Waals surface area contributed by atoms with Crippen molar-refractivity contribution in [3.8, 4) is 0 Å². The first-order valence-electron chi connectivity index (χ1n) is 6.80. The molecule has 19 heavy (non-hydrogen) atoms. The highest BCUT2D eigenvalue weighted by molar-refractivity contribution is 6.30. The van der Waals surface area contributed by atoms with Crippen molar-refractivity contribution in [2.75, 3.05) is 18.4 Å². The van der Waals surface area contributed by atoms with Gasteiger partial charge in [-0.1, -0.05) is 24.9 Å². The molecule has 0 aromatic carbocycles. The minimum absolute atomic E-state index is 0.0521. The zero-order valence-electron chi connectivity index (χ0n) is 11.2. The van der Waals surface area contributed by atoms with Gasteiger partial charge in [-0.05, 0) is 37.9 Å². The van der Waals surface area contributed by atoms with Gasteiger partial charge < -0.3 is 10.6 Å². The predicted molar refractivity (Wildman–Crippen MR) is 77.3 cm³/mol. The molecule has 1 saturated heterocycles. The Kier molecular flexibility index (Phi) is 4.77. The van der Waals surface area contributed by atoms with Crippen LogP contribution in [-0.2, 0) is 4.79 Å². The number of nitrogens with zero attached hydrogens (tertiary/aromatic N) is 1. The molecule has 2 N–H and O–H groups in total. The van der Waals surface area contributed by atoms with Gasteiger partial charge in [-0.25, -0.2) is 4.98 Å². The van der Waals surface area contributed by atoms with Crippen molar-refractivity contribution >= 4 is 23.3 Å². The van der Waals surface area contributed by atoms with Gasteiger partial charge in [0.15, 0.2) is 0 Å². The first kappa shape index (κ1) is 14.3. The number of halogens is 1. The molecule has 1 unspecified atom stereocenters. The lowest BCUT2D eigenvalue weighted by Crippen LogP contribution is -2.48. The number of amides is 1. The number of nitrogens with one attached hydrogen (secondary N) is 2. The number of pyridine rings is 1. The minimum atomic E-state index is -0.309. The SMILES string of the molecule is CCCC1(C(=O)Nc2cc(Cl)ccn2)CCCNC1. The van der Waals surface area contributed by atoms with Crippen LogP contribution in [0.15, 0.2) is 18.3 Å². The maximum Gasteiger partial charge on any atom is 0.233 e. The van der Waals surface area contributed by atoms with Gasteiger partial charge in [0.2, 0.25) is 5.91 Å². The molecule has 2 heterocycles. The second-order valence-electron chi connectivity index (χ2n) is 5.12. The van der Waals surface area contributed by atoms with Gasteiger partial charge in [0.25, 0.3) is 0 Å². The zero-order valence-corrected chi connectivity index (χ0v) is 12.0. The van der Waals surface area contributed by atoms with Gasteiger partial charge in [-0.15, -0.1) is 0 Å². The van der Waals surface area contributed by atoms with Crippen molar-refractivity contribution in [3.63, 3.8) is 0 Å². The lowest BCUT2D eigenvalue weighted by molar-refractivity contribution is -0.127. The van der Waals surface area contributed by atoms with E-state index in [0.717, 1.165) is 38.8 Å². The summed E-state index contributed by atoms with van der Waals surface area (Å²) in [6.07, 6.45) is 5.46. The van der Waals surface area contributed by atoms with E-state index in [1.54, 1.807) is 18.3 Å². The molecule has 1 aromatic heterocycles. The largest absolute Gasteiger partial charge is 0.316 e. The van der Waals surface area contributed by atoms with Gasteiger partial charge in [0.1, 0.15) is 5.82 Å². The van der Waals surface area contributed by atoms with Crippen molar-refractivity contribution in [2.45, 2.75) is 32.6 Å². The first-order chi connectivity index (χ1) is 9.16. The van der Waals surface area contributed by atoms with Crippen LogP contribution in [-0.4, -0.2) is 24.0 Å². The Morgan fingerprint density at radius 1 is 1.63 bits per heavy atom. The van der Waals surface area contributed by atoms with Gasteiger partial charge in [0, 0.05) is 17.8 Å². The van der Waals surface area contributed by atoms with E-state index in [2.05, 4.69) is 22.5 Å². The number of hydrogen-bond acceptors (Lipinski definition) is 3. The van der Waals surface area contributed by atoms with Crippen LogP contribution in [0, 0.1) is 5.41 Å². The Morgan fingerprint density at radius 2 is 2.47 bits per heavy atom. The number of piperidine rings is 1. The van der Waals surface area contributed by atoms with Crippen molar-refractivity contribution in [1.82, 2.24) is 10.3 Å². The molecule has 1 fully saturated rings. The van der Waals surface area contributed by atoms with E-state index >= 15 is 0 Å². The molecule has 104 valence electrons. The molecule has 0 saturated carbocycles. The summed E-state index contributed by atoms with van der Waals surface area (Å²) in [6.45, 7) is 3.85. The third kappa shape index (κ3) is 3.45. The highest BCUT2D eigenvalue weighted by atomic mass is 35.5. The fraction of sp³-hybridized carbons (Fsp3) is 0.571. The van der Waals surface area contributed by atoms with E-state index < -0.39 is 0 Å². The summed E-state index contributed by atoms with van der Waals surface area (Å²) in [6, 6.07) is 3.37. The average Bonchev–Trinajstić information content (AvgIpc) is 2.40. The second-order valence-corrected chi connectivity index (χ2v) is 5.56. The summed E-state index contributed by atoms with van der Waals surface area (Å²) in [7, 11) is 0. The van der Waals surface area contributed by atoms with E-state index in [-0.39, 0.29) is 11.3 Å². The summed E-state index contributed by atoms with van der Waals surface area (Å²) < 4.78 is 0. The Hall–Kier alpha value is -1.13. The van der Waals surface area contributed by atoms with Crippen LogP contribution in [0.2, 0.25) is 5.02 Å². The molecule has 0 bridgehead atoms. The van der Waals surface area contributed by atoms with Crippen LogP contribution < -0.4 is 10.6 Å². The number of anilines is 1. The fourth-order valence-electron chi connectivity index (χ4n) is 2.69. The summed E-state index contributed by atoms with van der Waals surface area (Å²) >= 11 is 5.91. The number of rotatable bonds is 4. The van der Waals surface area contributed by atoms with E-state index in [9.17, 15) is 4.79 Å². The Morgan fingerprint density at radius 3 is 3.11 bits per heavy atom. The van der Waals surface area contributed by atoms with Gasteiger partial charge in [0.05, 0.1) is 5.41 Å². The van der Waals surface area contributed by atoms with Gasteiger partial charge in [-0.3, -0.25) is 4.79 Å². The molecule has 0 spiro atoms. The highest BCUT2D eigenvalue weighted by Gasteiger charge is 2.38. The number of aromatic nitrogens is 1. The quantitative estimate of drug-likeness (QED) is 0.892. The van der Waals surface area contributed by atoms with Crippen molar-refractivity contribution in [3.05, 3.63) is 23.4 Å². The summed E-state index contributed by atoms with van der Waals surface area (Å²) in [5, 5.41) is 6.82. The Bertz CT molecular complexity index is 439. The van der Waals surface area contributed by atoms with Crippen LogP contribution in [0.25, 0.3) is 0 Å². The van der Waals surface area contributed by atoms with Gasteiger partial charge >= 0.3 is 0 Å². The standard InChI is InChI=1S/C14H20ClN3O/c1-2-5-14(6-3-7-16-10-14)13(19)18-12-9-11(15)4-8-17-12/h4,8-9,16H,2-3,5-7,10H2,1H3,(H,17,18,19). The second kappa shape index (κ2) is 6.35. The monoisotopic (exact) mass is 281 g/mol. The molecule has 0 radical (unpaired) electrons. The summed E-state index contributed by atoms with van der Waals surface area (Å²) in [5.74, 6) is 0.579. The van der Waals surface area contributed by atoms with E-state index in [0.29, 0.717) is 10.8 Å². The molecule has 2 rings (SSSR count). The number of carbonyl (C=O) groups is 1. The summed E-state index contributed by atoms with van der Waals surface area (Å²) in [5.41, 5.74) is -0.309. The molecule has 1 amide bonds. The van der Waals surface area contributed by atoms with Crippen molar-refractivity contribution in [2.24, 2.45) is 5.41 Å². The molecule has 1 aliphatic rings. The molecule has 1 atom stereocenters. The van der Waals surface area contributed by atoms with Crippen LogP contribution in [0.1, 0.15) is 32.6 Å². The van der Waals surface area contributed by atoms with Crippen LogP contribution in [0.3, 0.4) is 0 Å². The Balaban J connectivity index is 2.11. The van der Waals surface area contributed by atoms with Crippen LogP contribution >= 0.6 is 11.6 Å². The van der Waals surface area contributed by atoms with E-state index in [4.69, 9.17) is 11.6 Å². The smallest absolute Gasteiger partial charge is 0.233 e. The maximum atomic E-state index is 12.6. The van der Waals surface area contributed by atoms with Crippen molar-refractivity contribution < 1.29 is 4.79 Å². The van der Waals surface area contributed by atoms with E-state index in [1.807, 2.05) is 0 Å². The summed E-state index contributed by atoms with van der Waals surface area (Å²) in [4.78, 5) is 16.7. The third-order valence-corrected chi connectivity index (χ3v) is 3.88. The average molecular weight is 282 g/mol. The zero-order chi connectivity index (χ0) is 13.7. The lowest BCUT2D eigenvalue weighted by Gasteiger charge is -2.36. The maximum absolute atomic E-state index is 12.6. The van der Waals surface area contributed by atoms with Crippen LogP contribution in [0.4, 0.5) is 5.82 Å². The highest BCUT2D eigenvalue weighted by Crippen LogP contribution is 2.33. The first-order valence-corrected chi connectivity index (χ1v) is 7.18. The molecule has 1 aliphatic heterocycles. The Labute approximate surface area is 118 Å². The van der Waals surface area contributed by atoms with Gasteiger partial charge in [-0.2, -0.15) is 0 Å². The molecule has 5 heteroatoms. The molecular weight excluding hydrogens is 262 g/mol. The normalized spacial score (nSPS) is 23.1. The predicted octanol–water partition coefficient (Wildman–Crippen LogP) is 2.84. The fourth-order valence-corrected chi connectivity index (χ4v) is 2.85. The van der Waals surface area contributed by atoms with Crippen molar-refractivity contribution in [1.29, 1.82) is 0 Å². The van der Waals surface area contributed by atoms with Crippen LogP contribution in [0.5, 0.6) is 0 Å². The molecule has 0 aliphatic carbocycles. The lowest BCUT2D eigenvalue weighted by atomic mass is 9.76. The number of hydrogen-bond donors (Lipinski definition) is 2. The molecule has 1 aromatic rings.